The van der Waals surface area contributed by atoms with Crippen molar-refractivity contribution in [2.45, 2.75) is 135 Å². The molecule has 2 saturated heterocycles. The van der Waals surface area contributed by atoms with Crippen molar-refractivity contribution in [3.8, 4) is 0 Å². The first kappa shape index (κ1) is 52.2. The van der Waals surface area contributed by atoms with Crippen LogP contribution in [0.15, 0.2) is 97.1 Å². The number of carbonyl (C=O) groups is 4. The first-order chi connectivity index (χ1) is 31.2. The summed E-state index contributed by atoms with van der Waals surface area (Å²) in [6, 6.07) is 29.2. The molecule has 0 radical (unpaired) electrons. The summed E-state index contributed by atoms with van der Waals surface area (Å²) in [5.41, 5.74) is 2.28. The molecule has 360 valence electrons. The van der Waals surface area contributed by atoms with Gasteiger partial charge in [0.05, 0.1) is 24.9 Å². The molecule has 2 heterocycles. The molecule has 2 saturated carbocycles. The Morgan fingerprint density at radius 3 is 1.18 bits per heavy atom. The Hall–Kier alpha value is -4.16. The number of hydrogen-bond acceptors (Lipinski definition) is 8. The molecule has 4 fully saturated rings. The fraction of sp³-hybridized carbons (Fsp3) is 0.472. The summed E-state index contributed by atoms with van der Waals surface area (Å²) in [5, 5.41) is 2.41. The van der Waals surface area contributed by atoms with Crippen molar-refractivity contribution in [2.75, 3.05) is 13.1 Å². The van der Waals surface area contributed by atoms with E-state index in [1.165, 1.54) is 0 Å². The van der Waals surface area contributed by atoms with Crippen molar-refractivity contribution < 1.29 is 38.1 Å². The molecule has 2 aliphatic heterocycles. The molecule has 4 aromatic carbocycles. The Morgan fingerprint density at radius 1 is 0.537 bits per heavy atom. The molecular weight excluding hydrogens is 934 g/mol. The fourth-order valence-electron chi connectivity index (χ4n) is 8.41. The van der Waals surface area contributed by atoms with Gasteiger partial charge < -0.3 is 28.7 Å². The zero-order chi connectivity index (χ0) is 47.5. The van der Waals surface area contributed by atoms with Crippen LogP contribution in [0.5, 0.6) is 0 Å². The average Bonchev–Trinajstić information content (AvgIpc) is 4.18. The zero-order valence-electron chi connectivity index (χ0n) is 38.2. The Morgan fingerprint density at radius 2 is 0.881 bits per heavy atom. The number of carbonyl (C=O) groups excluding carboxylic acids is 4. The van der Waals surface area contributed by atoms with E-state index >= 15 is 0 Å². The third-order valence-electron chi connectivity index (χ3n) is 11.6. The maximum Gasteiger partial charge on any atom is 0.309 e. The molecule has 2 amide bonds. The Kier molecular flexibility index (Phi) is 17.2. The molecule has 4 aliphatic rings. The minimum absolute atomic E-state index is 0. The molecule has 8 rings (SSSR count). The lowest BCUT2D eigenvalue weighted by Gasteiger charge is -2.45. The standard InChI is InChI=1S/2C26H29Cl2NO4.CH4/c2*1-26(2,3)33-22(30)14-21-25(31)29(15-16-7-8-16)23(17-9-11-19(27)12-10-17)24(32-21)18-5-4-6-20(28)13-18;/h2*4-6,9-13,16,21,23-24H,7-8,14-15H2,1-3H3;1H4/t21-,23+,24+;21-,23-,24-;/m01./s1. The normalized spacial score (nSPS) is 23.1. The quantitative estimate of drug-likeness (QED) is 0.129. The summed E-state index contributed by atoms with van der Waals surface area (Å²) < 4.78 is 23.7. The third-order valence-corrected chi connectivity index (χ3v) is 12.6. The van der Waals surface area contributed by atoms with E-state index in [1.807, 2.05) is 94.7 Å². The number of nitrogens with zero attached hydrogens (tertiary/aromatic N) is 2. The van der Waals surface area contributed by atoms with Gasteiger partial charge in [-0.1, -0.05) is 102 Å². The van der Waals surface area contributed by atoms with Crippen LogP contribution in [0.25, 0.3) is 0 Å². The van der Waals surface area contributed by atoms with E-state index in [4.69, 9.17) is 65.4 Å². The number of amides is 2. The highest BCUT2D eigenvalue weighted by atomic mass is 35.5. The lowest BCUT2D eigenvalue weighted by Crippen LogP contribution is -2.52. The Balaban J connectivity index is 0.000000218. The maximum atomic E-state index is 13.6. The average molecular weight is 997 g/mol. The highest BCUT2D eigenvalue weighted by Gasteiger charge is 2.48. The minimum Gasteiger partial charge on any atom is -0.460 e. The molecule has 4 aromatic rings. The van der Waals surface area contributed by atoms with Gasteiger partial charge in [0.15, 0.2) is 0 Å². The molecule has 0 spiro atoms. The Labute approximate surface area is 415 Å². The van der Waals surface area contributed by atoms with Gasteiger partial charge in [0, 0.05) is 33.2 Å². The van der Waals surface area contributed by atoms with Crippen molar-refractivity contribution in [1.82, 2.24) is 9.80 Å². The summed E-state index contributed by atoms with van der Waals surface area (Å²) in [6.07, 6.45) is 1.27. The van der Waals surface area contributed by atoms with E-state index in [9.17, 15) is 19.2 Å². The molecule has 0 unspecified atom stereocenters. The van der Waals surface area contributed by atoms with Crippen molar-refractivity contribution in [3.63, 3.8) is 0 Å². The minimum atomic E-state index is -0.925. The fourth-order valence-corrected chi connectivity index (χ4v) is 9.06. The van der Waals surface area contributed by atoms with Crippen LogP contribution in [0.4, 0.5) is 0 Å². The number of rotatable bonds is 12. The van der Waals surface area contributed by atoms with Crippen molar-refractivity contribution >= 4 is 70.2 Å². The van der Waals surface area contributed by atoms with Crippen LogP contribution < -0.4 is 0 Å². The summed E-state index contributed by atoms with van der Waals surface area (Å²) >= 11 is 24.9. The summed E-state index contributed by atoms with van der Waals surface area (Å²) in [7, 11) is 0. The second-order valence-corrected chi connectivity index (χ2v) is 21.4. The van der Waals surface area contributed by atoms with Crippen molar-refractivity contribution in [2.24, 2.45) is 11.8 Å². The second kappa shape index (κ2) is 22.1. The Bertz CT molecular complexity index is 2190. The summed E-state index contributed by atoms with van der Waals surface area (Å²) in [4.78, 5) is 56.2. The molecule has 67 heavy (non-hydrogen) atoms. The predicted molar refractivity (Wildman–Crippen MR) is 263 cm³/mol. The van der Waals surface area contributed by atoms with Gasteiger partial charge in [-0.2, -0.15) is 0 Å². The first-order valence-electron chi connectivity index (χ1n) is 22.6. The number of morpholine rings is 2. The van der Waals surface area contributed by atoms with Crippen LogP contribution in [-0.2, 0) is 38.1 Å². The molecule has 0 N–H and O–H groups in total. The van der Waals surface area contributed by atoms with E-state index in [0.717, 1.165) is 47.9 Å². The van der Waals surface area contributed by atoms with Crippen LogP contribution in [0.1, 0.15) is 134 Å². The van der Waals surface area contributed by atoms with Gasteiger partial charge in [-0.15, -0.1) is 0 Å². The smallest absolute Gasteiger partial charge is 0.309 e. The van der Waals surface area contributed by atoms with Crippen LogP contribution in [0, 0.1) is 11.8 Å². The van der Waals surface area contributed by atoms with Gasteiger partial charge in [-0.25, -0.2) is 0 Å². The highest BCUT2D eigenvalue weighted by Crippen LogP contribution is 2.47. The van der Waals surface area contributed by atoms with E-state index in [2.05, 4.69) is 0 Å². The number of ether oxygens (including phenoxy) is 4. The van der Waals surface area contributed by atoms with Crippen LogP contribution in [0.3, 0.4) is 0 Å². The van der Waals surface area contributed by atoms with Gasteiger partial charge in [-0.3, -0.25) is 19.2 Å². The number of esters is 2. The zero-order valence-corrected chi connectivity index (χ0v) is 41.2. The predicted octanol–water partition coefficient (Wildman–Crippen LogP) is 12.9. The molecule has 2 aliphatic carbocycles. The third kappa shape index (κ3) is 14.4. The van der Waals surface area contributed by atoms with Crippen LogP contribution in [0.2, 0.25) is 20.1 Å². The molecule has 6 atom stereocenters. The van der Waals surface area contributed by atoms with E-state index in [0.29, 0.717) is 45.0 Å². The highest BCUT2D eigenvalue weighted by molar-refractivity contribution is 6.31. The summed E-state index contributed by atoms with van der Waals surface area (Å²) in [5.74, 6) is -0.367. The largest absolute Gasteiger partial charge is 0.460 e. The van der Waals surface area contributed by atoms with Gasteiger partial charge in [0.1, 0.15) is 35.6 Å². The van der Waals surface area contributed by atoms with Gasteiger partial charge in [0.25, 0.3) is 11.8 Å². The number of benzene rings is 4. The lowest BCUT2D eigenvalue weighted by molar-refractivity contribution is -0.183. The molecule has 14 heteroatoms. The molecule has 10 nitrogen and oxygen atoms in total. The van der Waals surface area contributed by atoms with E-state index in [-0.39, 0.29) is 44.2 Å². The van der Waals surface area contributed by atoms with Gasteiger partial charge in [0.2, 0.25) is 0 Å². The number of halogens is 4. The first-order valence-corrected chi connectivity index (χ1v) is 24.1. The number of hydrogen-bond donors (Lipinski definition) is 0. The van der Waals surface area contributed by atoms with Gasteiger partial charge >= 0.3 is 11.9 Å². The monoisotopic (exact) mass is 994 g/mol. The SMILES string of the molecule is C.CC(C)(C)OC(=O)C[C@@H]1O[C@H](c2cccc(Cl)c2)[C@@H](c2ccc(Cl)cc2)N(CC2CC2)C1=O.CC(C)(C)OC(=O)C[C@H]1O[C@H](c2cccc(Cl)c2)[C@@H](c2ccc(Cl)cc2)N(CC2CC2)C1=O. The molecule has 0 bridgehead atoms. The van der Waals surface area contributed by atoms with Crippen molar-refractivity contribution in [1.29, 1.82) is 0 Å². The topological polar surface area (TPSA) is 112 Å². The van der Waals surface area contributed by atoms with Gasteiger partial charge in [-0.05, 0) is 150 Å². The molecular formula is C53H62Cl4N2O8. The van der Waals surface area contributed by atoms with Crippen LogP contribution >= 0.6 is 46.4 Å². The maximum absolute atomic E-state index is 13.6. The molecule has 0 aromatic heterocycles. The lowest BCUT2D eigenvalue weighted by atomic mass is 9.91. The van der Waals surface area contributed by atoms with E-state index < -0.39 is 47.6 Å². The van der Waals surface area contributed by atoms with Crippen molar-refractivity contribution in [3.05, 3.63) is 139 Å². The second-order valence-electron chi connectivity index (χ2n) is 19.6. The van der Waals surface area contributed by atoms with Crippen LogP contribution in [-0.4, -0.2) is 70.1 Å². The van der Waals surface area contributed by atoms with E-state index in [1.54, 1.807) is 53.7 Å². The summed E-state index contributed by atoms with van der Waals surface area (Å²) in [6.45, 7) is 12.1.